The average Bonchev–Trinajstić information content (AvgIpc) is 2.29. The lowest BCUT2D eigenvalue weighted by atomic mass is 10.2. The van der Waals surface area contributed by atoms with Gasteiger partial charge in [-0.15, -0.1) is 0 Å². The number of fused-ring (bicyclic) bond motifs is 1. The van der Waals surface area contributed by atoms with Crippen molar-refractivity contribution in [3.8, 4) is 0 Å². The number of hydrogen-bond donors (Lipinski definition) is 1. The molecule has 5 heteroatoms. The van der Waals surface area contributed by atoms with E-state index in [4.69, 9.17) is 5.73 Å². The minimum atomic E-state index is -0.307. The molecule has 0 aromatic carbocycles. The second-order valence-corrected chi connectivity index (χ2v) is 3.82. The Balaban J connectivity index is 2.24. The summed E-state index contributed by atoms with van der Waals surface area (Å²) in [6.45, 7) is 0.637. The maximum Gasteiger partial charge on any atom is 0.242 e. The fourth-order valence-electron chi connectivity index (χ4n) is 2.06. The van der Waals surface area contributed by atoms with E-state index in [0.717, 1.165) is 12.8 Å². The third kappa shape index (κ3) is 1.48. The zero-order valence-corrected chi connectivity index (χ0v) is 8.11. The molecule has 78 valence electrons. The molecule has 2 aliphatic rings. The van der Waals surface area contributed by atoms with Crippen molar-refractivity contribution >= 4 is 11.8 Å². The molecule has 5 nitrogen and oxygen atoms in total. The van der Waals surface area contributed by atoms with Crippen molar-refractivity contribution in [2.45, 2.75) is 38.3 Å². The quantitative estimate of drug-likeness (QED) is 0.586. The van der Waals surface area contributed by atoms with Gasteiger partial charge in [-0.2, -0.15) is 0 Å². The molecular formula is C9H15N3O2. The van der Waals surface area contributed by atoms with E-state index in [1.165, 1.54) is 10.0 Å². The van der Waals surface area contributed by atoms with Gasteiger partial charge < -0.3 is 5.73 Å². The maximum absolute atomic E-state index is 11.7. The third-order valence-corrected chi connectivity index (χ3v) is 2.77. The Morgan fingerprint density at radius 1 is 1.14 bits per heavy atom. The Morgan fingerprint density at radius 3 is 2.64 bits per heavy atom. The van der Waals surface area contributed by atoms with Crippen LogP contribution < -0.4 is 5.73 Å². The van der Waals surface area contributed by atoms with Crippen LogP contribution in [0.1, 0.15) is 32.1 Å². The summed E-state index contributed by atoms with van der Waals surface area (Å²) in [5.41, 5.74) is 5.82. The first kappa shape index (κ1) is 9.45. The predicted molar refractivity (Wildman–Crippen MR) is 49.6 cm³/mol. The molecule has 2 amide bonds. The Hall–Kier alpha value is -1.10. The highest BCUT2D eigenvalue weighted by atomic mass is 16.2. The van der Waals surface area contributed by atoms with Crippen LogP contribution in [-0.2, 0) is 9.59 Å². The lowest BCUT2D eigenvalue weighted by Crippen LogP contribution is -2.59. The number of rotatable bonds is 0. The third-order valence-electron chi connectivity index (χ3n) is 2.77. The normalized spacial score (nSPS) is 28.8. The molecule has 1 atom stereocenters. The Labute approximate surface area is 82.8 Å². The molecule has 14 heavy (non-hydrogen) atoms. The predicted octanol–water partition coefficient (Wildman–Crippen LogP) is -0.179. The zero-order chi connectivity index (χ0) is 10.1. The Morgan fingerprint density at radius 2 is 1.86 bits per heavy atom. The second kappa shape index (κ2) is 3.57. The standard InChI is InChI=1S/C9H15N3O2/c10-7-3-2-6-11-8(13)4-1-5-9(14)12(7)11/h7H,1-6,10H2/t7-/m0/s1. The molecule has 0 saturated carbocycles. The van der Waals surface area contributed by atoms with Crippen LogP contribution in [0, 0.1) is 0 Å². The molecule has 0 aromatic rings. The summed E-state index contributed by atoms with van der Waals surface area (Å²) in [5.74, 6) is 0.0223. The number of carbonyl (C=O) groups is 2. The van der Waals surface area contributed by atoms with Crippen LogP contribution in [0.3, 0.4) is 0 Å². The number of hydrazine groups is 1. The lowest BCUT2D eigenvalue weighted by Gasteiger charge is -2.41. The number of carbonyl (C=O) groups excluding carboxylic acids is 2. The molecule has 0 bridgehead atoms. The first-order chi connectivity index (χ1) is 6.70. The van der Waals surface area contributed by atoms with Gasteiger partial charge in [0.25, 0.3) is 0 Å². The van der Waals surface area contributed by atoms with Crippen molar-refractivity contribution in [3.05, 3.63) is 0 Å². The molecule has 2 fully saturated rings. The van der Waals surface area contributed by atoms with Gasteiger partial charge in [-0.1, -0.05) is 0 Å². The summed E-state index contributed by atoms with van der Waals surface area (Å²) in [5, 5.41) is 2.99. The van der Waals surface area contributed by atoms with E-state index in [1.54, 1.807) is 0 Å². The lowest BCUT2D eigenvalue weighted by molar-refractivity contribution is -0.171. The minimum absolute atomic E-state index is 0.0111. The molecule has 2 aliphatic heterocycles. The molecule has 0 spiro atoms. The minimum Gasteiger partial charge on any atom is -0.310 e. The van der Waals surface area contributed by atoms with E-state index < -0.39 is 0 Å². The van der Waals surface area contributed by atoms with E-state index in [9.17, 15) is 9.59 Å². The van der Waals surface area contributed by atoms with E-state index >= 15 is 0 Å². The van der Waals surface area contributed by atoms with Gasteiger partial charge in [-0.05, 0) is 19.3 Å². The van der Waals surface area contributed by atoms with E-state index in [2.05, 4.69) is 0 Å². The second-order valence-electron chi connectivity index (χ2n) is 3.82. The zero-order valence-electron chi connectivity index (χ0n) is 8.11. The van der Waals surface area contributed by atoms with Gasteiger partial charge >= 0.3 is 0 Å². The van der Waals surface area contributed by atoms with Crippen LogP contribution >= 0.6 is 0 Å². The van der Waals surface area contributed by atoms with Crippen LogP contribution in [0.2, 0.25) is 0 Å². The number of amides is 2. The molecule has 2 heterocycles. The van der Waals surface area contributed by atoms with Crippen molar-refractivity contribution in [2.75, 3.05) is 6.54 Å². The van der Waals surface area contributed by atoms with Gasteiger partial charge in [-0.3, -0.25) is 14.6 Å². The molecule has 2 N–H and O–H groups in total. The molecule has 0 unspecified atom stereocenters. The SMILES string of the molecule is N[C@@H]1CCCN2C(=O)CCCC(=O)N12. The van der Waals surface area contributed by atoms with E-state index in [1.807, 2.05) is 0 Å². The monoisotopic (exact) mass is 197 g/mol. The fourth-order valence-corrected chi connectivity index (χ4v) is 2.06. The molecule has 2 saturated heterocycles. The Bertz CT molecular complexity index is 267. The summed E-state index contributed by atoms with van der Waals surface area (Å²) >= 11 is 0. The highest BCUT2D eigenvalue weighted by Crippen LogP contribution is 2.21. The average molecular weight is 197 g/mol. The Kier molecular flexibility index (Phi) is 2.41. The van der Waals surface area contributed by atoms with Crippen LogP contribution in [0.5, 0.6) is 0 Å². The summed E-state index contributed by atoms with van der Waals surface area (Å²) in [6, 6.07) is 0. The summed E-state index contributed by atoms with van der Waals surface area (Å²) in [4.78, 5) is 23.3. The van der Waals surface area contributed by atoms with Gasteiger partial charge in [-0.25, -0.2) is 5.01 Å². The molecule has 0 aliphatic carbocycles. The number of nitrogens with two attached hydrogens (primary N) is 1. The molecule has 0 radical (unpaired) electrons. The first-order valence-corrected chi connectivity index (χ1v) is 5.08. The summed E-state index contributed by atoms with van der Waals surface area (Å²) in [6.07, 6.45) is 2.92. The van der Waals surface area contributed by atoms with Crippen LogP contribution in [0.15, 0.2) is 0 Å². The summed E-state index contributed by atoms with van der Waals surface area (Å²) in [7, 11) is 0. The van der Waals surface area contributed by atoms with Gasteiger partial charge in [0.2, 0.25) is 11.8 Å². The van der Waals surface area contributed by atoms with Gasteiger partial charge in [0.1, 0.15) is 6.17 Å². The number of nitrogens with zero attached hydrogens (tertiary/aromatic N) is 2. The van der Waals surface area contributed by atoms with Crippen molar-refractivity contribution in [1.82, 2.24) is 10.0 Å². The maximum atomic E-state index is 11.7. The fraction of sp³-hybridized carbons (Fsp3) is 0.778. The van der Waals surface area contributed by atoms with Crippen molar-refractivity contribution in [3.63, 3.8) is 0 Å². The number of hydrogen-bond acceptors (Lipinski definition) is 3. The van der Waals surface area contributed by atoms with Gasteiger partial charge in [0, 0.05) is 19.4 Å². The topological polar surface area (TPSA) is 66.6 Å². The van der Waals surface area contributed by atoms with E-state index in [-0.39, 0.29) is 18.0 Å². The molecule has 2 rings (SSSR count). The van der Waals surface area contributed by atoms with Gasteiger partial charge in [0.05, 0.1) is 0 Å². The van der Waals surface area contributed by atoms with E-state index in [0.29, 0.717) is 25.8 Å². The van der Waals surface area contributed by atoms with Gasteiger partial charge in [0.15, 0.2) is 0 Å². The highest BCUT2D eigenvalue weighted by molar-refractivity contribution is 5.85. The molecule has 0 aromatic heterocycles. The van der Waals surface area contributed by atoms with Crippen LogP contribution in [0.25, 0.3) is 0 Å². The van der Waals surface area contributed by atoms with Crippen LogP contribution in [0.4, 0.5) is 0 Å². The smallest absolute Gasteiger partial charge is 0.242 e. The summed E-state index contributed by atoms with van der Waals surface area (Å²) < 4.78 is 0. The van der Waals surface area contributed by atoms with Crippen molar-refractivity contribution in [1.29, 1.82) is 0 Å². The van der Waals surface area contributed by atoms with Crippen molar-refractivity contribution in [2.24, 2.45) is 5.73 Å². The van der Waals surface area contributed by atoms with Crippen LogP contribution in [-0.4, -0.2) is 34.5 Å². The largest absolute Gasteiger partial charge is 0.310 e. The van der Waals surface area contributed by atoms with Crippen molar-refractivity contribution < 1.29 is 9.59 Å². The first-order valence-electron chi connectivity index (χ1n) is 5.08. The highest BCUT2D eigenvalue weighted by Gasteiger charge is 2.35. The molecular weight excluding hydrogens is 182 g/mol.